The lowest BCUT2D eigenvalue weighted by Crippen LogP contribution is -2.26. The molecule has 0 saturated carbocycles. The second kappa shape index (κ2) is 6.54. The van der Waals surface area contributed by atoms with Gasteiger partial charge in [-0.25, -0.2) is 13.6 Å². The molecule has 0 fully saturated rings. The monoisotopic (exact) mass is 321 g/mol. The van der Waals surface area contributed by atoms with Crippen molar-refractivity contribution in [3.63, 3.8) is 0 Å². The lowest BCUT2D eigenvalue weighted by molar-refractivity contribution is 0.0954. The molecule has 4 N–H and O–H groups in total. The number of carbonyl (C=O) groups is 1. The molecule has 0 saturated heterocycles. The summed E-state index contributed by atoms with van der Waals surface area (Å²) in [5.41, 5.74) is 0.804. The van der Waals surface area contributed by atoms with Crippen molar-refractivity contribution in [3.8, 4) is 0 Å². The fourth-order valence-electron chi connectivity index (χ4n) is 1.85. The molecule has 0 radical (unpaired) electrons. The molecule has 0 atom stereocenters. The number of nitrogens with two attached hydrogens (primary N) is 1. The summed E-state index contributed by atoms with van der Waals surface area (Å²) in [5, 5.41) is 7.70. The molecule has 0 aliphatic rings. The summed E-state index contributed by atoms with van der Waals surface area (Å²) >= 11 is 0. The van der Waals surface area contributed by atoms with Crippen LogP contribution in [0.2, 0.25) is 0 Å². The maximum Gasteiger partial charge on any atom is 0.251 e. The fourth-order valence-corrected chi connectivity index (χ4v) is 2.37. The van der Waals surface area contributed by atoms with Crippen LogP contribution in [0.25, 0.3) is 0 Å². The van der Waals surface area contributed by atoms with Crippen LogP contribution in [0.1, 0.15) is 15.9 Å². The van der Waals surface area contributed by atoms with E-state index in [4.69, 9.17) is 5.14 Å². The summed E-state index contributed by atoms with van der Waals surface area (Å²) in [6, 6.07) is 8.85. The number of aromatic amines is 1. The maximum atomic E-state index is 11.8. The maximum absolute atomic E-state index is 11.8. The van der Waals surface area contributed by atoms with Gasteiger partial charge in [-0.2, -0.15) is 0 Å². The Morgan fingerprint density at radius 1 is 1.18 bits per heavy atom. The van der Waals surface area contributed by atoms with E-state index in [2.05, 4.69) is 10.3 Å². The highest BCUT2D eigenvalue weighted by Crippen LogP contribution is 2.08. The average Bonchev–Trinajstić information content (AvgIpc) is 2.47. The Hall–Kier alpha value is -2.45. The summed E-state index contributed by atoms with van der Waals surface area (Å²) in [6.45, 7) is 0.361. The fraction of sp³-hybridized carbons (Fsp3) is 0.143. The van der Waals surface area contributed by atoms with Crippen molar-refractivity contribution in [3.05, 3.63) is 64.1 Å². The standard InChI is InChI=1S/C14H15N3O4S/c15-22(20,21)12-3-1-10(2-4-12)5-7-17-14(19)11-6-8-16-13(18)9-11/h1-4,6,8-9H,5,7H2,(H,16,18)(H,17,19)(H2,15,20,21). The lowest BCUT2D eigenvalue weighted by atomic mass is 10.1. The van der Waals surface area contributed by atoms with Gasteiger partial charge in [-0.1, -0.05) is 12.1 Å². The van der Waals surface area contributed by atoms with Crippen LogP contribution < -0.4 is 16.0 Å². The van der Waals surface area contributed by atoms with Gasteiger partial charge in [0.15, 0.2) is 0 Å². The van der Waals surface area contributed by atoms with Gasteiger partial charge in [0, 0.05) is 24.4 Å². The van der Waals surface area contributed by atoms with Crippen LogP contribution >= 0.6 is 0 Å². The van der Waals surface area contributed by atoms with Crippen molar-refractivity contribution in [1.29, 1.82) is 0 Å². The molecule has 0 aliphatic carbocycles. The van der Waals surface area contributed by atoms with Crippen molar-refractivity contribution >= 4 is 15.9 Å². The quantitative estimate of drug-likeness (QED) is 0.717. The summed E-state index contributed by atoms with van der Waals surface area (Å²) in [4.78, 5) is 25.4. The Morgan fingerprint density at radius 3 is 2.45 bits per heavy atom. The van der Waals surface area contributed by atoms with Crippen LogP contribution in [-0.4, -0.2) is 25.9 Å². The van der Waals surface area contributed by atoms with Crippen LogP contribution in [0.15, 0.2) is 52.3 Å². The second-order valence-electron chi connectivity index (χ2n) is 4.64. The molecule has 1 heterocycles. The average molecular weight is 321 g/mol. The summed E-state index contributed by atoms with van der Waals surface area (Å²) in [5.74, 6) is -0.341. The Bertz CT molecular complexity index is 826. The van der Waals surface area contributed by atoms with Gasteiger partial charge in [0.1, 0.15) is 0 Å². The van der Waals surface area contributed by atoms with E-state index in [1.54, 1.807) is 12.1 Å². The van der Waals surface area contributed by atoms with Crippen LogP contribution in [0.3, 0.4) is 0 Å². The Balaban J connectivity index is 1.91. The Labute approximate surface area is 127 Å². The van der Waals surface area contributed by atoms with Crippen molar-refractivity contribution in [2.45, 2.75) is 11.3 Å². The zero-order valence-corrected chi connectivity index (χ0v) is 12.4. The van der Waals surface area contributed by atoms with Gasteiger partial charge < -0.3 is 10.3 Å². The smallest absolute Gasteiger partial charge is 0.251 e. The first-order chi connectivity index (χ1) is 10.4. The number of hydrogen-bond acceptors (Lipinski definition) is 4. The first kappa shape index (κ1) is 15.9. The first-order valence-corrected chi connectivity index (χ1v) is 7.99. The van der Waals surface area contributed by atoms with Crippen molar-refractivity contribution in [1.82, 2.24) is 10.3 Å². The zero-order valence-electron chi connectivity index (χ0n) is 11.6. The third kappa shape index (κ3) is 4.27. The molecular formula is C14H15N3O4S. The highest BCUT2D eigenvalue weighted by molar-refractivity contribution is 7.89. The van der Waals surface area contributed by atoms with Crippen LogP contribution in [-0.2, 0) is 16.4 Å². The SMILES string of the molecule is NS(=O)(=O)c1ccc(CCNC(=O)c2cc[nH]c(=O)c2)cc1. The van der Waals surface area contributed by atoms with Crippen molar-refractivity contribution in [2.75, 3.05) is 6.54 Å². The minimum absolute atomic E-state index is 0.0452. The number of primary sulfonamides is 1. The number of aromatic nitrogens is 1. The van der Waals surface area contributed by atoms with Gasteiger partial charge in [0.2, 0.25) is 15.6 Å². The number of rotatable bonds is 5. The molecule has 2 aromatic rings. The Kier molecular flexibility index (Phi) is 4.74. The molecule has 1 amide bonds. The van der Waals surface area contributed by atoms with Crippen molar-refractivity contribution in [2.24, 2.45) is 5.14 Å². The summed E-state index contributed by atoms with van der Waals surface area (Å²) in [7, 11) is -3.70. The van der Waals surface area contributed by atoms with Gasteiger partial charge in [-0.3, -0.25) is 9.59 Å². The minimum atomic E-state index is -3.70. The highest BCUT2D eigenvalue weighted by atomic mass is 32.2. The van der Waals surface area contributed by atoms with Gasteiger partial charge >= 0.3 is 0 Å². The van der Waals surface area contributed by atoms with Crippen LogP contribution in [0, 0.1) is 0 Å². The second-order valence-corrected chi connectivity index (χ2v) is 6.20. The van der Waals surface area contributed by atoms with Gasteiger partial charge in [0.25, 0.3) is 5.91 Å². The third-order valence-corrected chi connectivity index (χ3v) is 3.92. The molecule has 2 rings (SSSR count). The number of benzene rings is 1. The van der Waals surface area contributed by atoms with Crippen LogP contribution in [0.4, 0.5) is 0 Å². The summed E-state index contributed by atoms with van der Waals surface area (Å²) < 4.78 is 22.2. The number of H-pyrrole nitrogens is 1. The van der Waals surface area contributed by atoms with E-state index in [1.165, 1.54) is 30.5 Å². The molecule has 0 bridgehead atoms. The number of sulfonamides is 1. The van der Waals surface area contributed by atoms with E-state index in [9.17, 15) is 18.0 Å². The van der Waals surface area contributed by atoms with E-state index in [0.717, 1.165) is 5.56 Å². The van der Waals surface area contributed by atoms with E-state index in [0.29, 0.717) is 13.0 Å². The van der Waals surface area contributed by atoms with Crippen LogP contribution in [0.5, 0.6) is 0 Å². The number of amides is 1. The molecule has 7 nitrogen and oxygen atoms in total. The molecule has 0 spiro atoms. The Morgan fingerprint density at radius 2 is 1.86 bits per heavy atom. The number of carbonyl (C=O) groups excluding carboxylic acids is 1. The van der Waals surface area contributed by atoms with E-state index >= 15 is 0 Å². The van der Waals surface area contributed by atoms with Gasteiger partial charge in [-0.15, -0.1) is 0 Å². The molecule has 8 heteroatoms. The predicted molar refractivity (Wildman–Crippen MR) is 80.9 cm³/mol. The minimum Gasteiger partial charge on any atom is -0.352 e. The lowest BCUT2D eigenvalue weighted by Gasteiger charge is -2.06. The van der Waals surface area contributed by atoms with Gasteiger partial charge in [-0.05, 0) is 30.2 Å². The molecule has 22 heavy (non-hydrogen) atoms. The van der Waals surface area contributed by atoms with Gasteiger partial charge in [0.05, 0.1) is 4.90 Å². The topological polar surface area (TPSA) is 122 Å². The number of pyridine rings is 1. The molecule has 0 unspecified atom stereocenters. The number of hydrogen-bond donors (Lipinski definition) is 3. The molecule has 0 aliphatic heterocycles. The zero-order chi connectivity index (χ0) is 16.2. The van der Waals surface area contributed by atoms with E-state index in [1.807, 2.05) is 0 Å². The number of nitrogens with one attached hydrogen (secondary N) is 2. The predicted octanol–water partition coefficient (Wildman–Crippen LogP) is -0.00520. The largest absolute Gasteiger partial charge is 0.352 e. The highest BCUT2D eigenvalue weighted by Gasteiger charge is 2.07. The van der Waals surface area contributed by atoms with E-state index < -0.39 is 10.0 Å². The molecular weight excluding hydrogens is 306 g/mol. The van der Waals surface area contributed by atoms with E-state index in [-0.39, 0.29) is 21.9 Å². The third-order valence-electron chi connectivity index (χ3n) is 2.99. The normalized spacial score (nSPS) is 11.1. The summed E-state index contributed by atoms with van der Waals surface area (Å²) in [6.07, 6.45) is 1.93. The van der Waals surface area contributed by atoms with Crippen molar-refractivity contribution < 1.29 is 13.2 Å². The molecule has 116 valence electrons. The molecule has 1 aromatic heterocycles. The molecule has 1 aromatic carbocycles. The first-order valence-electron chi connectivity index (χ1n) is 6.45.